The Kier molecular flexibility index (Phi) is 4.58. The van der Waals surface area contributed by atoms with Crippen molar-refractivity contribution in [2.24, 2.45) is 17.3 Å². The first-order chi connectivity index (χ1) is 10.1. The maximum absolute atomic E-state index is 12.4. The molecule has 120 valence electrons. The second-order valence-corrected chi connectivity index (χ2v) is 7.73. The second-order valence-electron chi connectivity index (χ2n) is 7.73. The molecule has 3 aliphatic carbocycles. The molecule has 0 heterocycles. The highest BCUT2D eigenvalue weighted by Crippen LogP contribution is 2.57. The molecule has 0 aliphatic heterocycles. The minimum Gasteiger partial charge on any atom is -0.378 e. The number of amides is 1. The summed E-state index contributed by atoms with van der Waals surface area (Å²) in [6, 6.07) is 0.385. The SMILES string of the molecule is CCO[C@@H]1C[C@H](NC(=O)C[C@@H]2CCC[C@H](C)C2)C12CCC2. The van der Waals surface area contributed by atoms with Gasteiger partial charge in [0, 0.05) is 24.5 Å². The summed E-state index contributed by atoms with van der Waals surface area (Å²) in [5, 5.41) is 3.34. The van der Waals surface area contributed by atoms with E-state index in [1.807, 2.05) is 0 Å². The lowest BCUT2D eigenvalue weighted by atomic mass is 9.51. The van der Waals surface area contributed by atoms with Crippen molar-refractivity contribution in [2.45, 2.75) is 83.8 Å². The Balaban J connectivity index is 1.47. The highest BCUT2D eigenvalue weighted by molar-refractivity contribution is 5.76. The average Bonchev–Trinajstić information content (AvgIpc) is 2.35. The van der Waals surface area contributed by atoms with Crippen LogP contribution in [-0.4, -0.2) is 24.7 Å². The minimum atomic E-state index is 0.292. The Hall–Kier alpha value is -0.570. The van der Waals surface area contributed by atoms with Crippen LogP contribution in [0.4, 0.5) is 0 Å². The Morgan fingerprint density at radius 1 is 1.24 bits per heavy atom. The van der Waals surface area contributed by atoms with Gasteiger partial charge < -0.3 is 10.1 Å². The molecule has 3 fully saturated rings. The van der Waals surface area contributed by atoms with Gasteiger partial charge in [-0.05, 0) is 50.9 Å². The molecule has 3 saturated carbocycles. The van der Waals surface area contributed by atoms with Crippen LogP contribution in [0.3, 0.4) is 0 Å². The summed E-state index contributed by atoms with van der Waals surface area (Å²) < 4.78 is 5.86. The van der Waals surface area contributed by atoms with Crippen LogP contribution < -0.4 is 5.32 Å². The molecule has 4 atom stereocenters. The van der Waals surface area contributed by atoms with E-state index in [0.29, 0.717) is 29.4 Å². The van der Waals surface area contributed by atoms with Crippen molar-refractivity contribution >= 4 is 5.91 Å². The summed E-state index contributed by atoms with van der Waals surface area (Å²) in [4.78, 5) is 12.4. The van der Waals surface area contributed by atoms with Gasteiger partial charge in [-0.15, -0.1) is 0 Å². The Morgan fingerprint density at radius 2 is 2.05 bits per heavy atom. The van der Waals surface area contributed by atoms with Crippen LogP contribution >= 0.6 is 0 Å². The van der Waals surface area contributed by atoms with E-state index in [4.69, 9.17) is 4.74 Å². The van der Waals surface area contributed by atoms with Gasteiger partial charge in [-0.1, -0.05) is 26.2 Å². The molecule has 0 saturated heterocycles. The van der Waals surface area contributed by atoms with Crippen LogP contribution in [0, 0.1) is 17.3 Å². The topological polar surface area (TPSA) is 38.3 Å². The van der Waals surface area contributed by atoms with Crippen LogP contribution in [-0.2, 0) is 9.53 Å². The molecule has 0 aromatic carbocycles. The van der Waals surface area contributed by atoms with Crippen LogP contribution in [0.1, 0.15) is 71.6 Å². The summed E-state index contributed by atoms with van der Waals surface area (Å²) in [5.74, 6) is 1.72. The maximum atomic E-state index is 12.4. The van der Waals surface area contributed by atoms with Gasteiger partial charge in [0.1, 0.15) is 0 Å². The number of nitrogens with one attached hydrogen (secondary N) is 1. The largest absolute Gasteiger partial charge is 0.378 e. The molecule has 3 heteroatoms. The molecule has 1 N–H and O–H groups in total. The lowest BCUT2D eigenvalue weighted by molar-refractivity contribution is -0.176. The molecule has 0 radical (unpaired) electrons. The van der Waals surface area contributed by atoms with Crippen molar-refractivity contribution in [1.82, 2.24) is 5.32 Å². The maximum Gasteiger partial charge on any atom is 0.220 e. The number of hydrogen-bond acceptors (Lipinski definition) is 2. The number of rotatable bonds is 5. The highest BCUT2D eigenvalue weighted by Gasteiger charge is 2.59. The van der Waals surface area contributed by atoms with Gasteiger partial charge in [0.2, 0.25) is 5.91 Å². The average molecular weight is 293 g/mol. The van der Waals surface area contributed by atoms with Gasteiger partial charge in [-0.25, -0.2) is 0 Å². The van der Waals surface area contributed by atoms with Crippen molar-refractivity contribution in [1.29, 1.82) is 0 Å². The monoisotopic (exact) mass is 293 g/mol. The Labute approximate surface area is 129 Å². The summed E-state index contributed by atoms with van der Waals surface area (Å²) in [6.45, 7) is 5.20. The van der Waals surface area contributed by atoms with E-state index in [9.17, 15) is 4.79 Å². The minimum absolute atomic E-state index is 0.292. The Bertz CT molecular complexity index is 377. The van der Waals surface area contributed by atoms with E-state index in [2.05, 4.69) is 19.2 Å². The summed E-state index contributed by atoms with van der Waals surface area (Å²) >= 11 is 0. The first kappa shape index (κ1) is 15.3. The molecule has 0 unspecified atom stereocenters. The molecular weight excluding hydrogens is 262 g/mol. The first-order valence-corrected chi connectivity index (χ1v) is 9.05. The predicted octanol–water partition coefficient (Wildman–Crippen LogP) is 3.67. The molecule has 0 aromatic rings. The van der Waals surface area contributed by atoms with Crippen molar-refractivity contribution in [3.8, 4) is 0 Å². The highest BCUT2D eigenvalue weighted by atomic mass is 16.5. The third-order valence-corrected chi connectivity index (χ3v) is 6.29. The lowest BCUT2D eigenvalue weighted by Gasteiger charge is -2.61. The number of carbonyl (C=O) groups excluding carboxylic acids is 1. The Morgan fingerprint density at radius 3 is 2.67 bits per heavy atom. The summed E-state index contributed by atoms with van der Waals surface area (Å²) in [6.07, 6.45) is 11.1. The van der Waals surface area contributed by atoms with Gasteiger partial charge in [-0.3, -0.25) is 4.79 Å². The third kappa shape index (κ3) is 2.99. The molecule has 21 heavy (non-hydrogen) atoms. The van der Waals surface area contributed by atoms with E-state index in [-0.39, 0.29) is 0 Å². The third-order valence-electron chi connectivity index (χ3n) is 6.29. The van der Waals surface area contributed by atoms with E-state index in [1.165, 1.54) is 44.9 Å². The van der Waals surface area contributed by atoms with Crippen LogP contribution in [0.25, 0.3) is 0 Å². The van der Waals surface area contributed by atoms with Crippen molar-refractivity contribution in [2.75, 3.05) is 6.61 Å². The molecule has 1 amide bonds. The zero-order valence-electron chi connectivity index (χ0n) is 13.7. The zero-order valence-corrected chi connectivity index (χ0v) is 13.7. The smallest absolute Gasteiger partial charge is 0.220 e. The van der Waals surface area contributed by atoms with E-state index in [1.54, 1.807) is 0 Å². The van der Waals surface area contributed by atoms with Crippen LogP contribution in [0.5, 0.6) is 0 Å². The van der Waals surface area contributed by atoms with Crippen molar-refractivity contribution in [3.63, 3.8) is 0 Å². The fourth-order valence-electron chi connectivity index (χ4n) is 4.90. The zero-order chi connectivity index (χ0) is 14.9. The molecule has 3 aliphatic rings. The molecule has 0 bridgehead atoms. The van der Waals surface area contributed by atoms with Crippen LogP contribution in [0.15, 0.2) is 0 Å². The fraction of sp³-hybridized carbons (Fsp3) is 0.944. The van der Waals surface area contributed by atoms with Gasteiger partial charge in [0.25, 0.3) is 0 Å². The van der Waals surface area contributed by atoms with E-state index >= 15 is 0 Å². The van der Waals surface area contributed by atoms with Gasteiger partial charge in [-0.2, -0.15) is 0 Å². The lowest BCUT2D eigenvalue weighted by Crippen LogP contribution is -2.67. The number of ether oxygens (including phenoxy) is 1. The first-order valence-electron chi connectivity index (χ1n) is 9.05. The molecule has 0 aromatic heterocycles. The number of carbonyl (C=O) groups is 1. The van der Waals surface area contributed by atoms with E-state index < -0.39 is 0 Å². The fourth-order valence-corrected chi connectivity index (χ4v) is 4.90. The molecular formula is C18H31NO2. The summed E-state index contributed by atoms with van der Waals surface area (Å²) in [7, 11) is 0. The van der Waals surface area contributed by atoms with Crippen molar-refractivity contribution in [3.05, 3.63) is 0 Å². The van der Waals surface area contributed by atoms with E-state index in [0.717, 1.165) is 25.4 Å². The van der Waals surface area contributed by atoms with Gasteiger partial charge >= 0.3 is 0 Å². The second kappa shape index (κ2) is 6.28. The van der Waals surface area contributed by atoms with Gasteiger partial charge in [0.05, 0.1) is 6.10 Å². The molecule has 1 spiro atoms. The summed E-state index contributed by atoms with van der Waals surface area (Å²) in [5.41, 5.74) is 0.297. The normalized spacial score (nSPS) is 37.6. The van der Waals surface area contributed by atoms with Crippen molar-refractivity contribution < 1.29 is 9.53 Å². The van der Waals surface area contributed by atoms with Crippen LogP contribution in [0.2, 0.25) is 0 Å². The predicted molar refractivity (Wildman–Crippen MR) is 84.0 cm³/mol. The molecule has 3 rings (SSSR count). The quantitative estimate of drug-likeness (QED) is 0.840. The van der Waals surface area contributed by atoms with Gasteiger partial charge in [0.15, 0.2) is 0 Å². The standard InChI is InChI=1S/C18H31NO2/c1-3-21-16-12-15(18(16)8-5-9-18)19-17(20)11-14-7-4-6-13(2)10-14/h13-16H,3-12H2,1-2H3,(H,19,20)/t13-,14+,15-,16+/m0/s1. The number of hydrogen-bond donors (Lipinski definition) is 1. The molecule has 3 nitrogen and oxygen atoms in total.